The number of ether oxygens (including phenoxy) is 2. The minimum absolute atomic E-state index is 0. The molecule has 0 amide bonds. The first kappa shape index (κ1) is 24.0. The van der Waals surface area contributed by atoms with Crippen LogP contribution in [0.4, 0.5) is 4.39 Å². The van der Waals surface area contributed by atoms with Crippen molar-refractivity contribution >= 4 is 29.9 Å². The molecule has 0 radical (unpaired) electrons. The van der Waals surface area contributed by atoms with E-state index in [1.807, 2.05) is 38.1 Å². The Morgan fingerprint density at radius 1 is 1.00 bits per heavy atom. The number of nitrogens with zero attached hydrogens (tertiary/aromatic N) is 1. The van der Waals surface area contributed by atoms with Crippen LogP contribution in [0.5, 0.6) is 11.5 Å². The predicted octanol–water partition coefficient (Wildman–Crippen LogP) is 4.15. The topological polar surface area (TPSA) is 54.9 Å². The third-order valence-corrected chi connectivity index (χ3v) is 3.94. The lowest BCUT2D eigenvalue weighted by molar-refractivity contribution is 0.287. The van der Waals surface area contributed by atoms with Gasteiger partial charge in [-0.3, -0.25) is 4.99 Å². The third-order valence-electron chi connectivity index (χ3n) is 3.94. The summed E-state index contributed by atoms with van der Waals surface area (Å²) in [5.74, 6) is 1.94. The van der Waals surface area contributed by atoms with Crippen LogP contribution >= 0.6 is 24.0 Å². The number of hydrogen-bond acceptors (Lipinski definition) is 3. The second kappa shape index (κ2) is 13.2. The summed E-state index contributed by atoms with van der Waals surface area (Å²) in [6.07, 6.45) is 0.798. The van der Waals surface area contributed by atoms with Crippen molar-refractivity contribution in [3.05, 3.63) is 59.4 Å². The number of benzene rings is 2. The Kier molecular flexibility index (Phi) is 11.3. The molecule has 0 aromatic heterocycles. The first-order valence-corrected chi connectivity index (χ1v) is 9.24. The second-order valence-electron chi connectivity index (χ2n) is 5.84. The van der Waals surface area contributed by atoms with Crippen LogP contribution in [0.1, 0.15) is 25.0 Å². The maximum Gasteiger partial charge on any atom is 0.191 e. The molecule has 0 heterocycles. The molecule has 0 aliphatic heterocycles. The highest BCUT2D eigenvalue weighted by Crippen LogP contribution is 2.28. The number of rotatable bonds is 9. The van der Waals surface area contributed by atoms with Gasteiger partial charge in [0.15, 0.2) is 17.5 Å². The Balaban J connectivity index is 0.00000392. The summed E-state index contributed by atoms with van der Waals surface area (Å²) in [5, 5.41) is 6.37. The van der Waals surface area contributed by atoms with Gasteiger partial charge in [-0.2, -0.15) is 0 Å². The van der Waals surface area contributed by atoms with E-state index < -0.39 is 0 Å². The third kappa shape index (κ3) is 7.53. The summed E-state index contributed by atoms with van der Waals surface area (Å²) < 4.78 is 24.9. The van der Waals surface area contributed by atoms with Crippen molar-refractivity contribution in [2.45, 2.75) is 26.8 Å². The molecular formula is C21H29FIN3O2. The van der Waals surface area contributed by atoms with Gasteiger partial charge < -0.3 is 20.1 Å². The van der Waals surface area contributed by atoms with E-state index in [2.05, 4.69) is 15.6 Å². The Bertz CT molecular complexity index is 756. The highest BCUT2D eigenvalue weighted by atomic mass is 127. The fraction of sp³-hybridized carbons (Fsp3) is 0.381. The molecule has 0 unspecified atom stereocenters. The zero-order valence-electron chi connectivity index (χ0n) is 16.6. The minimum atomic E-state index is -0.224. The van der Waals surface area contributed by atoms with Crippen LogP contribution in [0, 0.1) is 5.82 Å². The average Bonchev–Trinajstić information content (AvgIpc) is 2.68. The fourth-order valence-electron chi connectivity index (χ4n) is 2.62. The van der Waals surface area contributed by atoms with Gasteiger partial charge in [0, 0.05) is 25.7 Å². The van der Waals surface area contributed by atoms with Crippen molar-refractivity contribution in [3.8, 4) is 11.5 Å². The zero-order chi connectivity index (χ0) is 19.5. The van der Waals surface area contributed by atoms with Gasteiger partial charge in [0.2, 0.25) is 0 Å². The first-order chi connectivity index (χ1) is 13.2. The SMILES string of the molecule is CCOc1ccc(CCNC(=NC)NCc2ccccc2F)cc1OCC.I. The molecule has 0 aliphatic rings. The minimum Gasteiger partial charge on any atom is -0.490 e. The van der Waals surface area contributed by atoms with Gasteiger partial charge >= 0.3 is 0 Å². The molecular weight excluding hydrogens is 472 g/mol. The molecule has 2 aromatic carbocycles. The van der Waals surface area contributed by atoms with Crippen molar-refractivity contribution in [3.63, 3.8) is 0 Å². The highest BCUT2D eigenvalue weighted by molar-refractivity contribution is 14.0. The Morgan fingerprint density at radius 3 is 2.39 bits per heavy atom. The van der Waals surface area contributed by atoms with Crippen LogP contribution in [0.2, 0.25) is 0 Å². The van der Waals surface area contributed by atoms with Gasteiger partial charge in [0.1, 0.15) is 5.82 Å². The van der Waals surface area contributed by atoms with Crippen molar-refractivity contribution < 1.29 is 13.9 Å². The molecule has 2 rings (SSSR count). The number of guanidine groups is 1. The molecule has 0 fully saturated rings. The van der Waals surface area contributed by atoms with Gasteiger partial charge in [-0.15, -0.1) is 24.0 Å². The van der Waals surface area contributed by atoms with Gasteiger partial charge in [0.25, 0.3) is 0 Å². The number of aliphatic imine (C=N–C) groups is 1. The zero-order valence-corrected chi connectivity index (χ0v) is 19.0. The molecule has 7 heteroatoms. The number of nitrogens with one attached hydrogen (secondary N) is 2. The summed E-state index contributed by atoms with van der Waals surface area (Å²) in [6.45, 7) is 6.17. The predicted molar refractivity (Wildman–Crippen MR) is 123 cm³/mol. The molecule has 2 N–H and O–H groups in total. The molecule has 0 aliphatic carbocycles. The van der Waals surface area contributed by atoms with E-state index in [1.165, 1.54) is 6.07 Å². The first-order valence-electron chi connectivity index (χ1n) is 9.24. The lowest BCUT2D eigenvalue weighted by atomic mass is 10.1. The van der Waals surface area contributed by atoms with Crippen molar-refractivity contribution in [1.29, 1.82) is 0 Å². The van der Waals surface area contributed by atoms with E-state index in [0.29, 0.717) is 37.8 Å². The molecule has 28 heavy (non-hydrogen) atoms. The van der Waals surface area contributed by atoms with Crippen LogP contribution in [0.25, 0.3) is 0 Å². The van der Waals surface area contributed by atoms with E-state index in [4.69, 9.17) is 9.47 Å². The fourth-order valence-corrected chi connectivity index (χ4v) is 2.62. The maximum atomic E-state index is 13.7. The van der Waals surface area contributed by atoms with Gasteiger partial charge in [-0.1, -0.05) is 24.3 Å². The Labute approximate surface area is 183 Å². The molecule has 154 valence electrons. The largest absolute Gasteiger partial charge is 0.490 e. The van der Waals surface area contributed by atoms with Gasteiger partial charge in [0.05, 0.1) is 13.2 Å². The quantitative estimate of drug-likeness (QED) is 0.308. The van der Waals surface area contributed by atoms with Crippen LogP contribution in [0.3, 0.4) is 0 Å². The lowest BCUT2D eigenvalue weighted by Crippen LogP contribution is -2.38. The lowest BCUT2D eigenvalue weighted by Gasteiger charge is -2.14. The molecule has 0 saturated heterocycles. The molecule has 0 saturated carbocycles. The Morgan fingerprint density at radius 2 is 1.71 bits per heavy atom. The monoisotopic (exact) mass is 501 g/mol. The van der Waals surface area contributed by atoms with Gasteiger partial charge in [-0.25, -0.2) is 4.39 Å². The number of hydrogen-bond donors (Lipinski definition) is 2. The van der Waals surface area contributed by atoms with Crippen LogP contribution in [-0.4, -0.2) is 32.8 Å². The molecule has 0 bridgehead atoms. The summed E-state index contributed by atoms with van der Waals surface area (Å²) in [5.41, 5.74) is 1.74. The number of halogens is 2. The summed E-state index contributed by atoms with van der Waals surface area (Å²) >= 11 is 0. The summed E-state index contributed by atoms with van der Waals surface area (Å²) in [4.78, 5) is 4.18. The van der Waals surface area contributed by atoms with E-state index in [9.17, 15) is 4.39 Å². The van der Waals surface area contributed by atoms with Crippen LogP contribution in [-0.2, 0) is 13.0 Å². The van der Waals surface area contributed by atoms with Crippen molar-refractivity contribution in [2.24, 2.45) is 4.99 Å². The average molecular weight is 501 g/mol. The highest BCUT2D eigenvalue weighted by Gasteiger charge is 2.07. The Hall–Kier alpha value is -2.03. The van der Waals surface area contributed by atoms with E-state index >= 15 is 0 Å². The summed E-state index contributed by atoms with van der Waals surface area (Å²) in [7, 11) is 1.70. The second-order valence-corrected chi connectivity index (χ2v) is 5.84. The van der Waals surface area contributed by atoms with E-state index in [1.54, 1.807) is 19.2 Å². The summed E-state index contributed by atoms with van der Waals surface area (Å²) in [6, 6.07) is 12.7. The smallest absolute Gasteiger partial charge is 0.191 e. The molecule has 0 spiro atoms. The normalized spacial score (nSPS) is 10.8. The van der Waals surface area contributed by atoms with E-state index in [-0.39, 0.29) is 29.8 Å². The maximum absolute atomic E-state index is 13.7. The van der Waals surface area contributed by atoms with Gasteiger partial charge in [-0.05, 0) is 44.0 Å². The van der Waals surface area contributed by atoms with Crippen molar-refractivity contribution in [1.82, 2.24) is 10.6 Å². The van der Waals surface area contributed by atoms with Crippen LogP contribution in [0.15, 0.2) is 47.5 Å². The van der Waals surface area contributed by atoms with Crippen molar-refractivity contribution in [2.75, 3.05) is 26.8 Å². The molecule has 5 nitrogen and oxygen atoms in total. The van der Waals surface area contributed by atoms with Crippen LogP contribution < -0.4 is 20.1 Å². The molecule has 0 atom stereocenters. The molecule has 2 aromatic rings. The standard InChI is InChI=1S/C21H28FN3O2.HI/c1-4-26-19-11-10-16(14-20(19)27-5-2)12-13-24-21(23-3)25-15-17-8-6-7-9-18(17)22;/h6-11,14H,4-5,12-13,15H2,1-3H3,(H2,23,24,25);1H. The van der Waals surface area contributed by atoms with E-state index in [0.717, 1.165) is 23.5 Å².